The summed E-state index contributed by atoms with van der Waals surface area (Å²) in [6.07, 6.45) is 1.02. The number of rotatable bonds is 6. The summed E-state index contributed by atoms with van der Waals surface area (Å²) in [5.41, 5.74) is 4.46. The Morgan fingerprint density at radius 2 is 1.50 bits per heavy atom. The van der Waals surface area contributed by atoms with Gasteiger partial charge in [-0.15, -0.1) is 0 Å². The molecular formula is C23H30O3. The minimum absolute atomic E-state index is 0.134. The third kappa shape index (κ3) is 4.27. The van der Waals surface area contributed by atoms with E-state index in [0.717, 1.165) is 23.3 Å². The smallest absolute Gasteiger partial charge is 0.308 e. The van der Waals surface area contributed by atoms with E-state index in [1.165, 1.54) is 18.1 Å². The first kappa shape index (κ1) is 20.0. The predicted octanol–water partition coefficient (Wildman–Crippen LogP) is 5.59. The van der Waals surface area contributed by atoms with Crippen LogP contribution in [0, 0.1) is 19.8 Å². The van der Waals surface area contributed by atoms with Crippen molar-refractivity contribution in [2.75, 3.05) is 7.11 Å². The van der Waals surface area contributed by atoms with Gasteiger partial charge in [0.2, 0.25) is 0 Å². The van der Waals surface area contributed by atoms with Crippen molar-refractivity contribution >= 4 is 5.97 Å². The molecule has 0 aliphatic rings. The van der Waals surface area contributed by atoms with E-state index in [9.17, 15) is 4.79 Å². The summed E-state index contributed by atoms with van der Waals surface area (Å²) in [6.45, 7) is 12.3. The number of carbonyl (C=O) groups excluding carboxylic acids is 1. The monoisotopic (exact) mass is 354 g/mol. The van der Waals surface area contributed by atoms with Crippen LogP contribution in [0.5, 0.6) is 11.5 Å². The number of carbonyl (C=O) groups is 1. The van der Waals surface area contributed by atoms with Crippen LogP contribution < -0.4 is 9.47 Å². The van der Waals surface area contributed by atoms with E-state index in [1.807, 2.05) is 19.1 Å². The third-order valence-electron chi connectivity index (χ3n) is 4.91. The second kappa shape index (κ2) is 7.94. The lowest BCUT2D eigenvalue weighted by Gasteiger charge is -2.34. The van der Waals surface area contributed by atoms with Crippen LogP contribution in [0.2, 0.25) is 0 Å². The molecule has 26 heavy (non-hydrogen) atoms. The van der Waals surface area contributed by atoms with E-state index in [-0.39, 0.29) is 11.4 Å². The van der Waals surface area contributed by atoms with Crippen molar-refractivity contribution in [3.63, 3.8) is 0 Å². The number of benzene rings is 2. The standard InChI is InChI=1S/C23H30O3/c1-15(2)14-23(6,19-8-10-21(25-7)16(3)12-19)20-9-11-22(17(4)13-20)26-18(5)24/h8-13,15H,14H2,1-7H3. The molecule has 3 heteroatoms. The fraction of sp³-hybridized carbons (Fsp3) is 0.435. The molecule has 1 atom stereocenters. The fourth-order valence-electron chi connectivity index (χ4n) is 3.70. The van der Waals surface area contributed by atoms with Crippen molar-refractivity contribution < 1.29 is 14.3 Å². The molecule has 0 N–H and O–H groups in total. The van der Waals surface area contributed by atoms with Crippen molar-refractivity contribution in [3.8, 4) is 11.5 Å². The lowest BCUT2D eigenvalue weighted by molar-refractivity contribution is -0.131. The molecule has 0 spiro atoms. The Hall–Kier alpha value is -2.29. The van der Waals surface area contributed by atoms with Crippen molar-refractivity contribution in [3.05, 3.63) is 58.7 Å². The number of aryl methyl sites for hydroxylation is 2. The molecule has 140 valence electrons. The van der Waals surface area contributed by atoms with Gasteiger partial charge in [0.15, 0.2) is 0 Å². The largest absolute Gasteiger partial charge is 0.496 e. The van der Waals surface area contributed by atoms with Crippen molar-refractivity contribution in [1.82, 2.24) is 0 Å². The average Bonchev–Trinajstić information content (AvgIpc) is 2.55. The third-order valence-corrected chi connectivity index (χ3v) is 4.91. The Morgan fingerprint density at radius 1 is 1.00 bits per heavy atom. The lowest BCUT2D eigenvalue weighted by Crippen LogP contribution is -2.26. The van der Waals surface area contributed by atoms with Crippen LogP contribution in [-0.2, 0) is 10.2 Å². The quantitative estimate of drug-likeness (QED) is 0.501. The molecule has 0 saturated carbocycles. The first-order valence-electron chi connectivity index (χ1n) is 9.12. The highest BCUT2D eigenvalue weighted by Crippen LogP contribution is 2.40. The zero-order valence-corrected chi connectivity index (χ0v) is 17.0. The molecule has 0 bridgehead atoms. The Morgan fingerprint density at radius 3 is 1.88 bits per heavy atom. The van der Waals surface area contributed by atoms with Gasteiger partial charge in [-0.05, 0) is 60.6 Å². The van der Waals surface area contributed by atoms with Crippen molar-refractivity contribution in [1.29, 1.82) is 0 Å². The summed E-state index contributed by atoms with van der Waals surface area (Å²) >= 11 is 0. The van der Waals surface area contributed by atoms with Crippen LogP contribution in [0.3, 0.4) is 0 Å². The molecular weight excluding hydrogens is 324 g/mol. The minimum Gasteiger partial charge on any atom is -0.496 e. The molecule has 0 heterocycles. The lowest BCUT2D eigenvalue weighted by atomic mass is 9.70. The number of hydrogen-bond donors (Lipinski definition) is 0. The zero-order chi connectivity index (χ0) is 19.5. The van der Waals surface area contributed by atoms with Gasteiger partial charge in [0.05, 0.1) is 7.11 Å². The summed E-state index contributed by atoms with van der Waals surface area (Å²) in [6, 6.07) is 12.5. The first-order valence-corrected chi connectivity index (χ1v) is 9.12. The normalized spacial score (nSPS) is 13.4. The van der Waals surface area contributed by atoms with Gasteiger partial charge < -0.3 is 9.47 Å². The fourth-order valence-corrected chi connectivity index (χ4v) is 3.70. The van der Waals surface area contributed by atoms with E-state index in [4.69, 9.17) is 9.47 Å². The second-order valence-electron chi connectivity index (χ2n) is 7.69. The zero-order valence-electron chi connectivity index (χ0n) is 17.0. The van der Waals surface area contributed by atoms with Crippen molar-refractivity contribution in [2.24, 2.45) is 5.92 Å². The first-order chi connectivity index (χ1) is 12.2. The second-order valence-corrected chi connectivity index (χ2v) is 7.69. The van der Waals surface area contributed by atoms with Crippen LogP contribution >= 0.6 is 0 Å². The molecule has 0 amide bonds. The van der Waals surface area contributed by atoms with Gasteiger partial charge in [-0.25, -0.2) is 0 Å². The van der Waals surface area contributed by atoms with Gasteiger partial charge in [-0.2, -0.15) is 0 Å². The van der Waals surface area contributed by atoms with Gasteiger partial charge in [-0.3, -0.25) is 4.79 Å². The van der Waals surface area contributed by atoms with Gasteiger partial charge >= 0.3 is 5.97 Å². The molecule has 2 aromatic carbocycles. The van der Waals surface area contributed by atoms with Crippen LogP contribution in [0.1, 0.15) is 56.4 Å². The number of hydrogen-bond acceptors (Lipinski definition) is 3. The van der Waals surface area contributed by atoms with Crippen LogP contribution in [0.25, 0.3) is 0 Å². The summed E-state index contributed by atoms with van der Waals surface area (Å²) in [5, 5.41) is 0. The molecule has 1 unspecified atom stereocenters. The van der Waals surface area contributed by atoms with Crippen LogP contribution in [-0.4, -0.2) is 13.1 Å². The molecule has 0 radical (unpaired) electrons. The summed E-state index contributed by atoms with van der Waals surface area (Å²) in [4.78, 5) is 11.3. The molecule has 0 saturated heterocycles. The Labute approximate surface area is 157 Å². The van der Waals surface area contributed by atoms with Gasteiger partial charge in [0.1, 0.15) is 11.5 Å². The van der Waals surface area contributed by atoms with E-state index < -0.39 is 0 Å². The topological polar surface area (TPSA) is 35.5 Å². The van der Waals surface area contributed by atoms with E-state index in [0.29, 0.717) is 11.7 Å². The van der Waals surface area contributed by atoms with E-state index in [2.05, 4.69) is 52.0 Å². The molecule has 3 nitrogen and oxygen atoms in total. The van der Waals surface area contributed by atoms with Crippen molar-refractivity contribution in [2.45, 2.75) is 53.4 Å². The predicted molar refractivity (Wildman–Crippen MR) is 106 cm³/mol. The summed E-state index contributed by atoms with van der Waals surface area (Å²) in [7, 11) is 1.70. The molecule has 0 fully saturated rings. The number of methoxy groups -OCH3 is 1. The Kier molecular flexibility index (Phi) is 6.12. The highest BCUT2D eigenvalue weighted by atomic mass is 16.5. The highest BCUT2D eigenvalue weighted by Gasteiger charge is 2.31. The molecule has 2 aromatic rings. The number of esters is 1. The molecule has 0 aromatic heterocycles. The van der Waals surface area contributed by atoms with Gasteiger partial charge in [0.25, 0.3) is 0 Å². The van der Waals surface area contributed by atoms with Crippen LogP contribution in [0.15, 0.2) is 36.4 Å². The maximum Gasteiger partial charge on any atom is 0.308 e. The van der Waals surface area contributed by atoms with Crippen LogP contribution in [0.4, 0.5) is 0 Å². The van der Waals surface area contributed by atoms with E-state index >= 15 is 0 Å². The number of ether oxygens (including phenoxy) is 2. The molecule has 2 rings (SSSR count). The van der Waals surface area contributed by atoms with Gasteiger partial charge in [-0.1, -0.05) is 45.0 Å². The SMILES string of the molecule is COc1ccc(C(C)(CC(C)C)c2ccc(OC(C)=O)c(C)c2)cc1C. The summed E-state index contributed by atoms with van der Waals surface area (Å²) < 4.78 is 10.7. The molecule has 0 aliphatic heterocycles. The Bertz CT molecular complexity index is 792. The molecule has 0 aliphatic carbocycles. The van der Waals surface area contributed by atoms with Gasteiger partial charge in [0, 0.05) is 12.3 Å². The highest BCUT2D eigenvalue weighted by molar-refractivity contribution is 5.69. The maximum absolute atomic E-state index is 11.3. The summed E-state index contributed by atoms with van der Waals surface area (Å²) in [5.74, 6) is 1.77. The maximum atomic E-state index is 11.3. The minimum atomic E-state index is -0.295. The average molecular weight is 354 g/mol. The van der Waals surface area contributed by atoms with E-state index in [1.54, 1.807) is 7.11 Å². The Balaban J connectivity index is 2.54.